The van der Waals surface area contributed by atoms with Gasteiger partial charge >= 0.3 is 0 Å². The number of para-hydroxylation sites is 1. The number of rotatable bonds is 4. The zero-order valence-electron chi connectivity index (χ0n) is 12.4. The third kappa shape index (κ3) is 4.33. The molecule has 0 aromatic heterocycles. The molecule has 1 heterocycles. The minimum absolute atomic E-state index is 0.0851. The summed E-state index contributed by atoms with van der Waals surface area (Å²) in [7, 11) is 1.99. The van der Waals surface area contributed by atoms with Gasteiger partial charge in [0.05, 0.1) is 22.3 Å². The van der Waals surface area contributed by atoms with Crippen LogP contribution in [-0.4, -0.2) is 43.0 Å². The molecule has 0 atom stereocenters. The summed E-state index contributed by atoms with van der Waals surface area (Å²) in [4.78, 5) is 14.3. The number of piperidine rings is 1. The van der Waals surface area contributed by atoms with Crippen LogP contribution in [0.5, 0.6) is 0 Å². The fourth-order valence-electron chi connectivity index (χ4n) is 2.45. The van der Waals surface area contributed by atoms with Crippen LogP contribution in [0.2, 0.25) is 10.0 Å². The smallest absolute Gasteiger partial charge is 0.238 e. The Kier molecular flexibility index (Phi) is 5.49. The van der Waals surface area contributed by atoms with Crippen LogP contribution in [0.1, 0.15) is 19.8 Å². The van der Waals surface area contributed by atoms with Crippen LogP contribution in [0.15, 0.2) is 18.2 Å². The Labute approximate surface area is 135 Å². The monoisotopic (exact) mass is 329 g/mol. The average molecular weight is 330 g/mol. The Balaban J connectivity index is 1.89. The summed E-state index contributed by atoms with van der Waals surface area (Å²) in [5.41, 5.74) is 0.668. The number of carbonyl (C=O) groups excluding carboxylic acids is 1. The standard InChI is InChI=1S/C15H21Cl2N3O/c1-15(18-2)6-8-20(9-7-15)10-13(21)19-14-11(16)4-3-5-12(14)17/h3-5,18H,6-10H2,1-2H3,(H,19,21). The molecule has 2 rings (SSSR count). The maximum absolute atomic E-state index is 12.1. The van der Waals surface area contributed by atoms with Crippen molar-refractivity contribution in [1.82, 2.24) is 10.2 Å². The van der Waals surface area contributed by atoms with Gasteiger partial charge in [0.15, 0.2) is 0 Å². The van der Waals surface area contributed by atoms with Crippen molar-refractivity contribution in [3.8, 4) is 0 Å². The molecule has 1 fully saturated rings. The lowest BCUT2D eigenvalue weighted by atomic mass is 9.90. The summed E-state index contributed by atoms with van der Waals surface area (Å²) < 4.78 is 0. The Bertz CT molecular complexity index is 493. The van der Waals surface area contributed by atoms with Crippen molar-refractivity contribution in [2.75, 3.05) is 32.0 Å². The summed E-state index contributed by atoms with van der Waals surface area (Å²) >= 11 is 12.1. The number of likely N-dealkylation sites (tertiary alicyclic amines) is 1. The Morgan fingerprint density at radius 2 is 1.86 bits per heavy atom. The van der Waals surface area contributed by atoms with Crippen molar-refractivity contribution in [3.05, 3.63) is 28.2 Å². The summed E-state index contributed by atoms with van der Waals surface area (Å²) in [6.07, 6.45) is 2.06. The van der Waals surface area contributed by atoms with Gasteiger partial charge in [0.2, 0.25) is 5.91 Å². The number of hydrogen-bond donors (Lipinski definition) is 2. The molecule has 0 aliphatic carbocycles. The topological polar surface area (TPSA) is 44.4 Å². The molecule has 116 valence electrons. The van der Waals surface area contributed by atoms with E-state index >= 15 is 0 Å². The first-order chi connectivity index (χ1) is 9.93. The third-order valence-corrected chi connectivity index (χ3v) is 4.79. The van der Waals surface area contributed by atoms with E-state index in [1.54, 1.807) is 18.2 Å². The van der Waals surface area contributed by atoms with E-state index in [4.69, 9.17) is 23.2 Å². The molecule has 0 radical (unpaired) electrons. The van der Waals surface area contributed by atoms with Gasteiger partial charge in [-0.25, -0.2) is 0 Å². The quantitative estimate of drug-likeness (QED) is 0.892. The second kappa shape index (κ2) is 6.97. The number of nitrogens with zero attached hydrogens (tertiary/aromatic N) is 1. The number of amides is 1. The van der Waals surface area contributed by atoms with E-state index in [2.05, 4.69) is 22.5 Å². The SMILES string of the molecule is CNC1(C)CCN(CC(=O)Nc2c(Cl)cccc2Cl)CC1. The van der Waals surface area contributed by atoms with E-state index < -0.39 is 0 Å². The Morgan fingerprint density at radius 1 is 1.29 bits per heavy atom. The van der Waals surface area contributed by atoms with Crippen LogP contribution >= 0.6 is 23.2 Å². The maximum Gasteiger partial charge on any atom is 0.238 e. The predicted octanol–water partition coefficient (Wildman–Crippen LogP) is 3.01. The van der Waals surface area contributed by atoms with Crippen molar-refractivity contribution in [2.45, 2.75) is 25.3 Å². The van der Waals surface area contributed by atoms with Gasteiger partial charge in [0.1, 0.15) is 0 Å². The highest BCUT2D eigenvalue weighted by molar-refractivity contribution is 6.39. The number of halogens is 2. The van der Waals surface area contributed by atoms with Crippen molar-refractivity contribution in [3.63, 3.8) is 0 Å². The highest BCUT2D eigenvalue weighted by Gasteiger charge is 2.28. The summed E-state index contributed by atoms with van der Waals surface area (Å²) in [5, 5.41) is 7.06. The van der Waals surface area contributed by atoms with E-state index in [9.17, 15) is 4.79 Å². The van der Waals surface area contributed by atoms with Gasteiger partial charge in [-0.3, -0.25) is 9.69 Å². The minimum atomic E-state index is -0.0851. The molecule has 1 aliphatic rings. The van der Waals surface area contributed by atoms with E-state index in [0.29, 0.717) is 22.3 Å². The van der Waals surface area contributed by atoms with Crippen molar-refractivity contribution in [2.24, 2.45) is 0 Å². The number of benzene rings is 1. The first-order valence-electron chi connectivity index (χ1n) is 7.09. The number of hydrogen-bond acceptors (Lipinski definition) is 3. The van der Waals surface area contributed by atoms with Crippen LogP contribution in [0, 0.1) is 0 Å². The molecule has 0 unspecified atom stereocenters. The lowest BCUT2D eigenvalue weighted by Crippen LogP contribution is -2.51. The van der Waals surface area contributed by atoms with Gasteiger partial charge < -0.3 is 10.6 Å². The number of nitrogens with one attached hydrogen (secondary N) is 2. The fraction of sp³-hybridized carbons (Fsp3) is 0.533. The van der Waals surface area contributed by atoms with Crippen LogP contribution in [0.4, 0.5) is 5.69 Å². The van der Waals surface area contributed by atoms with Crippen LogP contribution < -0.4 is 10.6 Å². The third-order valence-electron chi connectivity index (χ3n) is 4.16. The lowest BCUT2D eigenvalue weighted by molar-refractivity contribution is -0.117. The second-order valence-electron chi connectivity index (χ2n) is 5.73. The molecular formula is C15H21Cl2N3O. The van der Waals surface area contributed by atoms with Crippen molar-refractivity contribution < 1.29 is 4.79 Å². The molecule has 0 saturated carbocycles. The van der Waals surface area contributed by atoms with Crippen LogP contribution in [-0.2, 0) is 4.79 Å². The molecule has 4 nitrogen and oxygen atoms in total. The molecule has 21 heavy (non-hydrogen) atoms. The molecule has 1 aromatic carbocycles. The summed E-state index contributed by atoms with van der Waals surface area (Å²) in [6.45, 7) is 4.39. The zero-order chi connectivity index (χ0) is 15.5. The highest BCUT2D eigenvalue weighted by Crippen LogP contribution is 2.29. The summed E-state index contributed by atoms with van der Waals surface area (Å²) in [5.74, 6) is -0.0851. The largest absolute Gasteiger partial charge is 0.322 e. The molecule has 0 bridgehead atoms. The first kappa shape index (κ1) is 16.6. The molecular weight excluding hydrogens is 309 g/mol. The van der Waals surface area contributed by atoms with E-state index in [1.807, 2.05) is 7.05 Å². The van der Waals surface area contributed by atoms with Gasteiger partial charge in [0.25, 0.3) is 0 Å². The Morgan fingerprint density at radius 3 is 2.38 bits per heavy atom. The van der Waals surface area contributed by atoms with Crippen LogP contribution in [0.25, 0.3) is 0 Å². The first-order valence-corrected chi connectivity index (χ1v) is 7.84. The van der Waals surface area contributed by atoms with Gasteiger partial charge in [-0.1, -0.05) is 29.3 Å². The number of carbonyl (C=O) groups is 1. The minimum Gasteiger partial charge on any atom is -0.322 e. The van der Waals surface area contributed by atoms with Crippen molar-refractivity contribution >= 4 is 34.8 Å². The second-order valence-corrected chi connectivity index (χ2v) is 6.55. The average Bonchev–Trinajstić information content (AvgIpc) is 2.46. The van der Waals surface area contributed by atoms with Crippen molar-refractivity contribution in [1.29, 1.82) is 0 Å². The molecule has 2 N–H and O–H groups in total. The zero-order valence-corrected chi connectivity index (χ0v) is 13.9. The van der Waals surface area contributed by atoms with Gasteiger partial charge in [0, 0.05) is 18.6 Å². The lowest BCUT2D eigenvalue weighted by Gasteiger charge is -2.39. The molecule has 6 heteroatoms. The van der Waals surface area contributed by atoms with E-state index in [1.165, 1.54) is 0 Å². The van der Waals surface area contributed by atoms with Gasteiger partial charge in [-0.05, 0) is 38.9 Å². The summed E-state index contributed by atoms with van der Waals surface area (Å²) in [6, 6.07) is 5.17. The predicted molar refractivity (Wildman–Crippen MR) is 88.2 cm³/mol. The fourth-order valence-corrected chi connectivity index (χ4v) is 2.95. The molecule has 0 spiro atoms. The highest BCUT2D eigenvalue weighted by atomic mass is 35.5. The van der Waals surface area contributed by atoms with Crippen LogP contribution in [0.3, 0.4) is 0 Å². The normalized spacial score (nSPS) is 18.5. The van der Waals surface area contributed by atoms with E-state index in [0.717, 1.165) is 25.9 Å². The molecule has 1 aromatic rings. The van der Waals surface area contributed by atoms with E-state index in [-0.39, 0.29) is 11.4 Å². The Hall–Kier alpha value is -0.810. The number of anilines is 1. The maximum atomic E-state index is 12.1. The van der Waals surface area contributed by atoms with Gasteiger partial charge in [-0.2, -0.15) is 0 Å². The van der Waals surface area contributed by atoms with Gasteiger partial charge in [-0.15, -0.1) is 0 Å². The molecule has 1 aliphatic heterocycles. The molecule has 1 saturated heterocycles. The molecule has 1 amide bonds.